The summed E-state index contributed by atoms with van der Waals surface area (Å²) in [5.41, 5.74) is 1.11. The minimum atomic E-state index is 0.590. The molecule has 0 saturated heterocycles. The van der Waals surface area contributed by atoms with Gasteiger partial charge in [0, 0.05) is 17.9 Å². The monoisotopic (exact) mass is 212 g/mol. The Labute approximate surface area is 90.7 Å². The van der Waals surface area contributed by atoms with Gasteiger partial charge in [0.2, 0.25) is 0 Å². The quantitative estimate of drug-likeness (QED) is 0.812. The van der Waals surface area contributed by atoms with Crippen LogP contribution in [0.1, 0.15) is 25.5 Å². The van der Waals surface area contributed by atoms with Gasteiger partial charge in [0.1, 0.15) is 0 Å². The normalized spacial score (nSPS) is 12.8. The molecule has 0 aromatic carbocycles. The predicted molar refractivity (Wildman–Crippen MR) is 60.7 cm³/mol. The number of nitrogens with one attached hydrogen (secondary N) is 1. The first-order chi connectivity index (χ1) is 6.76. The van der Waals surface area contributed by atoms with Crippen LogP contribution in [0.2, 0.25) is 5.02 Å². The van der Waals surface area contributed by atoms with Crippen LogP contribution in [0, 0.1) is 0 Å². The fourth-order valence-electron chi connectivity index (χ4n) is 1.43. The van der Waals surface area contributed by atoms with E-state index in [-0.39, 0.29) is 0 Å². The number of aromatic nitrogens is 1. The molecule has 1 heterocycles. The van der Waals surface area contributed by atoms with Crippen LogP contribution < -0.4 is 5.32 Å². The van der Waals surface area contributed by atoms with Crippen LogP contribution in [0.5, 0.6) is 0 Å². The Balaban J connectivity index is 2.41. The lowest BCUT2D eigenvalue weighted by molar-refractivity contribution is 0.506. The summed E-state index contributed by atoms with van der Waals surface area (Å²) in [6, 6.07) is 4.47. The third-order valence-electron chi connectivity index (χ3n) is 2.44. The van der Waals surface area contributed by atoms with Crippen molar-refractivity contribution >= 4 is 11.6 Å². The van der Waals surface area contributed by atoms with Crippen molar-refractivity contribution in [2.45, 2.75) is 32.2 Å². The van der Waals surface area contributed by atoms with Crippen molar-refractivity contribution in [3.05, 3.63) is 29.0 Å². The molecule has 0 amide bonds. The van der Waals surface area contributed by atoms with E-state index in [9.17, 15) is 0 Å². The second-order valence-electron chi connectivity index (χ2n) is 3.40. The Morgan fingerprint density at radius 3 is 2.79 bits per heavy atom. The zero-order chi connectivity index (χ0) is 10.4. The van der Waals surface area contributed by atoms with Gasteiger partial charge in [-0.15, -0.1) is 0 Å². The van der Waals surface area contributed by atoms with Crippen LogP contribution in [0.15, 0.2) is 18.3 Å². The highest BCUT2D eigenvalue weighted by atomic mass is 35.5. The third kappa shape index (κ3) is 3.64. The number of hydrogen-bond donors (Lipinski definition) is 1. The van der Waals surface area contributed by atoms with Gasteiger partial charge in [0.25, 0.3) is 0 Å². The number of halogens is 1. The SMILES string of the molecule is CC[C@@H](CCc1ccc(Cl)cn1)NC. The number of pyridine rings is 1. The standard InChI is InChI=1S/C11H17ClN2/c1-3-10(13-2)6-7-11-5-4-9(12)8-14-11/h4-5,8,10,13H,3,6-7H2,1-2H3/t10-/m0/s1. The van der Waals surface area contributed by atoms with E-state index >= 15 is 0 Å². The maximum Gasteiger partial charge on any atom is 0.0589 e. The van der Waals surface area contributed by atoms with E-state index in [2.05, 4.69) is 17.2 Å². The molecule has 1 aromatic rings. The molecule has 0 spiro atoms. The highest BCUT2D eigenvalue weighted by Gasteiger charge is 2.03. The maximum atomic E-state index is 5.75. The fraction of sp³-hybridized carbons (Fsp3) is 0.545. The molecule has 2 nitrogen and oxygen atoms in total. The summed E-state index contributed by atoms with van der Waals surface area (Å²) in [7, 11) is 2.00. The molecule has 0 unspecified atom stereocenters. The molecule has 1 N–H and O–H groups in total. The smallest absolute Gasteiger partial charge is 0.0589 e. The molecule has 0 aliphatic carbocycles. The summed E-state index contributed by atoms with van der Waals surface area (Å²) in [6.07, 6.45) is 5.00. The Bertz CT molecular complexity index is 254. The Hall–Kier alpha value is -0.600. The van der Waals surface area contributed by atoms with Crippen LogP contribution in [0.4, 0.5) is 0 Å². The lowest BCUT2D eigenvalue weighted by Crippen LogP contribution is -2.24. The second kappa shape index (κ2) is 5.99. The number of hydrogen-bond acceptors (Lipinski definition) is 2. The van der Waals surface area contributed by atoms with Gasteiger partial charge in [-0.25, -0.2) is 0 Å². The van der Waals surface area contributed by atoms with Gasteiger partial charge >= 0.3 is 0 Å². The highest BCUT2D eigenvalue weighted by molar-refractivity contribution is 6.30. The van der Waals surface area contributed by atoms with E-state index in [4.69, 9.17) is 11.6 Å². The van der Waals surface area contributed by atoms with Gasteiger partial charge in [-0.1, -0.05) is 18.5 Å². The molecule has 14 heavy (non-hydrogen) atoms. The molecule has 0 aliphatic heterocycles. The van der Waals surface area contributed by atoms with Crippen molar-refractivity contribution in [2.24, 2.45) is 0 Å². The van der Waals surface area contributed by atoms with Gasteiger partial charge in [-0.3, -0.25) is 4.98 Å². The van der Waals surface area contributed by atoms with E-state index in [1.165, 1.54) is 0 Å². The number of rotatable bonds is 5. The second-order valence-corrected chi connectivity index (χ2v) is 3.84. The molecule has 1 atom stereocenters. The maximum absolute atomic E-state index is 5.75. The lowest BCUT2D eigenvalue weighted by Gasteiger charge is -2.12. The molecule has 0 saturated carbocycles. The van der Waals surface area contributed by atoms with Gasteiger partial charge in [-0.2, -0.15) is 0 Å². The molecule has 1 rings (SSSR count). The van der Waals surface area contributed by atoms with Crippen molar-refractivity contribution in [1.29, 1.82) is 0 Å². The van der Waals surface area contributed by atoms with Crippen molar-refractivity contribution in [3.8, 4) is 0 Å². The summed E-state index contributed by atoms with van der Waals surface area (Å²) in [4.78, 5) is 4.26. The van der Waals surface area contributed by atoms with Crippen molar-refractivity contribution < 1.29 is 0 Å². The molecule has 1 aromatic heterocycles. The van der Waals surface area contributed by atoms with E-state index in [1.54, 1.807) is 6.20 Å². The molecule has 78 valence electrons. The molecular formula is C11H17ClN2. The predicted octanol–water partition coefficient (Wildman–Crippen LogP) is 2.67. The minimum absolute atomic E-state index is 0.590. The summed E-state index contributed by atoms with van der Waals surface area (Å²) in [5, 5.41) is 3.98. The van der Waals surface area contributed by atoms with Crippen molar-refractivity contribution in [1.82, 2.24) is 10.3 Å². The Morgan fingerprint density at radius 2 is 2.29 bits per heavy atom. The molecule has 0 bridgehead atoms. The topological polar surface area (TPSA) is 24.9 Å². The Kier molecular flexibility index (Phi) is 4.91. The first-order valence-corrected chi connectivity index (χ1v) is 5.41. The molecule has 0 radical (unpaired) electrons. The van der Waals surface area contributed by atoms with Crippen molar-refractivity contribution in [2.75, 3.05) is 7.05 Å². The molecule has 3 heteroatoms. The third-order valence-corrected chi connectivity index (χ3v) is 2.66. The van der Waals surface area contributed by atoms with Crippen LogP contribution in [-0.4, -0.2) is 18.1 Å². The van der Waals surface area contributed by atoms with Gasteiger partial charge in [-0.05, 0) is 38.4 Å². The first-order valence-electron chi connectivity index (χ1n) is 5.04. The van der Waals surface area contributed by atoms with E-state index in [1.807, 2.05) is 19.2 Å². The summed E-state index contributed by atoms with van der Waals surface area (Å²) >= 11 is 5.75. The van der Waals surface area contributed by atoms with Crippen LogP contribution in [0.25, 0.3) is 0 Å². The summed E-state index contributed by atoms with van der Waals surface area (Å²) in [6.45, 7) is 2.19. The summed E-state index contributed by atoms with van der Waals surface area (Å²) < 4.78 is 0. The van der Waals surface area contributed by atoms with Crippen LogP contribution in [-0.2, 0) is 6.42 Å². The average Bonchev–Trinajstić information content (AvgIpc) is 2.22. The number of aryl methyl sites for hydroxylation is 1. The van der Waals surface area contributed by atoms with Crippen molar-refractivity contribution in [3.63, 3.8) is 0 Å². The average molecular weight is 213 g/mol. The highest BCUT2D eigenvalue weighted by Crippen LogP contribution is 2.09. The van der Waals surface area contributed by atoms with Gasteiger partial charge in [0.05, 0.1) is 5.02 Å². The number of nitrogens with zero attached hydrogens (tertiary/aromatic N) is 1. The Morgan fingerprint density at radius 1 is 1.50 bits per heavy atom. The zero-order valence-electron chi connectivity index (χ0n) is 8.76. The summed E-state index contributed by atoms with van der Waals surface area (Å²) in [5.74, 6) is 0. The zero-order valence-corrected chi connectivity index (χ0v) is 9.51. The lowest BCUT2D eigenvalue weighted by atomic mass is 10.1. The molecular weight excluding hydrogens is 196 g/mol. The largest absolute Gasteiger partial charge is 0.317 e. The molecule has 0 fully saturated rings. The van der Waals surface area contributed by atoms with E-state index in [0.29, 0.717) is 11.1 Å². The minimum Gasteiger partial charge on any atom is -0.317 e. The molecule has 0 aliphatic rings. The van der Waals surface area contributed by atoms with Gasteiger partial charge < -0.3 is 5.32 Å². The van der Waals surface area contributed by atoms with Gasteiger partial charge in [0.15, 0.2) is 0 Å². The first kappa shape index (κ1) is 11.5. The van der Waals surface area contributed by atoms with E-state index < -0.39 is 0 Å². The fourth-order valence-corrected chi connectivity index (χ4v) is 1.54. The van der Waals surface area contributed by atoms with Crippen LogP contribution >= 0.6 is 11.6 Å². The van der Waals surface area contributed by atoms with Crippen LogP contribution in [0.3, 0.4) is 0 Å². The van der Waals surface area contributed by atoms with E-state index in [0.717, 1.165) is 25.0 Å².